The summed E-state index contributed by atoms with van der Waals surface area (Å²) < 4.78 is 4.68. The van der Waals surface area contributed by atoms with Crippen LogP contribution in [0.1, 0.15) is 25.0 Å². The van der Waals surface area contributed by atoms with Crippen LogP contribution in [0.2, 0.25) is 5.02 Å². The Bertz CT molecular complexity index is 509. The summed E-state index contributed by atoms with van der Waals surface area (Å²) in [6.07, 6.45) is -0.0901. The maximum absolute atomic E-state index is 11.2. The predicted molar refractivity (Wildman–Crippen MR) is 90.5 cm³/mol. The van der Waals surface area contributed by atoms with Crippen LogP contribution in [0, 0.1) is 0 Å². The van der Waals surface area contributed by atoms with Crippen molar-refractivity contribution in [3.63, 3.8) is 0 Å². The van der Waals surface area contributed by atoms with E-state index in [1.807, 2.05) is 12.1 Å². The van der Waals surface area contributed by atoms with Gasteiger partial charge in [0.25, 0.3) is 0 Å². The summed E-state index contributed by atoms with van der Waals surface area (Å²) in [5.74, 6) is -0.168. The molecule has 0 amide bonds. The van der Waals surface area contributed by atoms with Gasteiger partial charge < -0.3 is 9.84 Å². The van der Waals surface area contributed by atoms with Crippen molar-refractivity contribution >= 4 is 17.6 Å². The molecule has 0 aliphatic carbocycles. The lowest BCUT2D eigenvalue weighted by Gasteiger charge is -2.40. The Morgan fingerprint density at radius 2 is 2.09 bits per heavy atom. The summed E-state index contributed by atoms with van der Waals surface area (Å²) >= 11 is 5.88. The molecule has 0 bridgehead atoms. The van der Waals surface area contributed by atoms with Gasteiger partial charge in [-0.3, -0.25) is 14.6 Å². The zero-order valence-electron chi connectivity index (χ0n) is 13.7. The van der Waals surface area contributed by atoms with Gasteiger partial charge in [0, 0.05) is 43.8 Å². The first-order valence-electron chi connectivity index (χ1n) is 7.96. The van der Waals surface area contributed by atoms with Gasteiger partial charge in [-0.05, 0) is 24.6 Å². The number of nitrogens with zero attached hydrogens (tertiary/aromatic N) is 2. The smallest absolute Gasteiger partial charge is 0.306 e. The molecule has 6 heteroatoms. The number of aliphatic hydroxyl groups is 1. The van der Waals surface area contributed by atoms with Gasteiger partial charge in [0.1, 0.15) is 0 Å². The normalized spacial score (nSPS) is 21.1. The van der Waals surface area contributed by atoms with Gasteiger partial charge in [-0.1, -0.05) is 23.7 Å². The molecule has 1 aliphatic rings. The summed E-state index contributed by atoms with van der Waals surface area (Å²) in [4.78, 5) is 15.8. The predicted octanol–water partition coefficient (Wildman–Crippen LogP) is 1.94. The fraction of sp³-hybridized carbons (Fsp3) is 0.588. The van der Waals surface area contributed by atoms with Gasteiger partial charge in [-0.2, -0.15) is 0 Å². The Kier molecular flexibility index (Phi) is 6.84. The van der Waals surface area contributed by atoms with Crippen molar-refractivity contribution in [2.24, 2.45) is 0 Å². The number of halogens is 1. The number of piperazine rings is 1. The van der Waals surface area contributed by atoms with Crippen molar-refractivity contribution in [1.29, 1.82) is 0 Å². The Balaban J connectivity index is 1.81. The summed E-state index contributed by atoms with van der Waals surface area (Å²) in [5.41, 5.74) is 0.884. The van der Waals surface area contributed by atoms with E-state index >= 15 is 0 Å². The van der Waals surface area contributed by atoms with Crippen molar-refractivity contribution in [2.45, 2.75) is 25.5 Å². The van der Waals surface area contributed by atoms with Crippen molar-refractivity contribution in [3.8, 4) is 0 Å². The topological polar surface area (TPSA) is 53.0 Å². The zero-order chi connectivity index (χ0) is 16.8. The molecule has 1 saturated heterocycles. The molecular weight excluding hydrogens is 316 g/mol. The third-order valence-electron chi connectivity index (χ3n) is 4.37. The molecule has 1 aliphatic heterocycles. The number of methoxy groups -OCH3 is 1. The number of ether oxygens (including phenoxy) is 1. The van der Waals surface area contributed by atoms with Crippen LogP contribution >= 0.6 is 11.6 Å². The quantitative estimate of drug-likeness (QED) is 0.802. The number of benzene rings is 1. The highest BCUT2D eigenvalue weighted by Crippen LogP contribution is 2.20. The molecule has 0 aromatic heterocycles. The van der Waals surface area contributed by atoms with E-state index in [2.05, 4.69) is 21.5 Å². The zero-order valence-corrected chi connectivity index (χ0v) is 14.5. The van der Waals surface area contributed by atoms with Crippen LogP contribution in [0.3, 0.4) is 0 Å². The maximum atomic E-state index is 11.2. The minimum Gasteiger partial charge on any atom is -0.469 e. The standard InChI is InChI=1S/C17H25ClN2O3/c1-13-11-19(8-7-17(22)23-2)9-10-20(13)12-16(21)14-3-5-15(18)6-4-14/h3-6,13,16,21H,7-12H2,1-2H3. The van der Waals surface area contributed by atoms with E-state index in [4.69, 9.17) is 11.6 Å². The van der Waals surface area contributed by atoms with Gasteiger partial charge in [-0.15, -0.1) is 0 Å². The van der Waals surface area contributed by atoms with Crippen LogP contribution < -0.4 is 0 Å². The van der Waals surface area contributed by atoms with E-state index in [9.17, 15) is 9.90 Å². The van der Waals surface area contributed by atoms with Gasteiger partial charge in [0.15, 0.2) is 0 Å². The fourth-order valence-electron chi connectivity index (χ4n) is 2.91. The first-order valence-corrected chi connectivity index (χ1v) is 8.34. The van der Waals surface area contributed by atoms with E-state index in [1.165, 1.54) is 7.11 Å². The van der Waals surface area contributed by atoms with E-state index in [1.54, 1.807) is 12.1 Å². The molecule has 1 fully saturated rings. The van der Waals surface area contributed by atoms with Gasteiger partial charge >= 0.3 is 5.97 Å². The van der Waals surface area contributed by atoms with Crippen LogP contribution in [0.4, 0.5) is 0 Å². The number of hydrogen-bond donors (Lipinski definition) is 1. The lowest BCUT2D eigenvalue weighted by molar-refractivity contribution is -0.141. The second-order valence-electron chi connectivity index (χ2n) is 6.04. The fourth-order valence-corrected chi connectivity index (χ4v) is 3.03. The first-order chi connectivity index (χ1) is 11.0. The van der Waals surface area contributed by atoms with Gasteiger partial charge in [0.05, 0.1) is 19.6 Å². The maximum Gasteiger partial charge on any atom is 0.306 e. The largest absolute Gasteiger partial charge is 0.469 e. The molecule has 0 radical (unpaired) electrons. The van der Waals surface area contributed by atoms with Crippen LogP contribution in [0.15, 0.2) is 24.3 Å². The highest BCUT2D eigenvalue weighted by atomic mass is 35.5. The summed E-state index contributed by atoms with van der Waals surface area (Å²) in [7, 11) is 1.42. The van der Waals surface area contributed by atoms with Crippen molar-refractivity contribution in [2.75, 3.05) is 39.8 Å². The molecule has 1 aromatic rings. The van der Waals surface area contributed by atoms with E-state index in [0.29, 0.717) is 24.0 Å². The van der Waals surface area contributed by atoms with Gasteiger partial charge in [0.2, 0.25) is 0 Å². The molecule has 1 heterocycles. The Morgan fingerprint density at radius 1 is 1.39 bits per heavy atom. The van der Waals surface area contributed by atoms with Crippen LogP contribution in [-0.4, -0.2) is 66.8 Å². The molecule has 2 unspecified atom stereocenters. The highest BCUT2D eigenvalue weighted by Gasteiger charge is 2.25. The molecule has 0 spiro atoms. The molecule has 0 saturated carbocycles. The lowest BCUT2D eigenvalue weighted by atomic mass is 10.1. The summed E-state index contributed by atoms with van der Waals surface area (Å²) in [6, 6.07) is 7.67. The van der Waals surface area contributed by atoms with Crippen molar-refractivity contribution in [1.82, 2.24) is 9.80 Å². The molecule has 128 valence electrons. The van der Waals surface area contributed by atoms with E-state index in [0.717, 1.165) is 31.7 Å². The summed E-state index contributed by atoms with van der Waals surface area (Å²) in [6.45, 7) is 6.16. The Morgan fingerprint density at radius 3 is 2.70 bits per heavy atom. The number of β-amino-alcohol motifs (C(OH)–C–C–N with tert-alkyl or cyclic N) is 1. The van der Waals surface area contributed by atoms with Crippen LogP contribution in [-0.2, 0) is 9.53 Å². The Labute approximate surface area is 142 Å². The second kappa shape index (κ2) is 8.64. The van der Waals surface area contributed by atoms with Crippen LogP contribution in [0.25, 0.3) is 0 Å². The van der Waals surface area contributed by atoms with Gasteiger partial charge in [-0.25, -0.2) is 0 Å². The molecule has 2 atom stereocenters. The van der Waals surface area contributed by atoms with Crippen molar-refractivity contribution < 1.29 is 14.6 Å². The molecule has 1 N–H and O–H groups in total. The number of carbonyl (C=O) groups excluding carboxylic acids is 1. The monoisotopic (exact) mass is 340 g/mol. The third-order valence-corrected chi connectivity index (χ3v) is 4.62. The van der Waals surface area contributed by atoms with E-state index < -0.39 is 6.10 Å². The number of rotatable bonds is 6. The molecular formula is C17H25ClN2O3. The SMILES string of the molecule is COC(=O)CCN1CCN(CC(O)c2ccc(Cl)cc2)C(C)C1. The molecule has 2 rings (SSSR count). The lowest BCUT2D eigenvalue weighted by Crippen LogP contribution is -2.53. The molecule has 23 heavy (non-hydrogen) atoms. The number of hydrogen-bond acceptors (Lipinski definition) is 5. The Hall–Kier alpha value is -1.14. The van der Waals surface area contributed by atoms with Crippen LogP contribution in [0.5, 0.6) is 0 Å². The second-order valence-corrected chi connectivity index (χ2v) is 6.47. The number of carbonyl (C=O) groups is 1. The average Bonchev–Trinajstić information content (AvgIpc) is 2.55. The van der Waals surface area contributed by atoms with E-state index in [-0.39, 0.29) is 5.97 Å². The number of aliphatic hydroxyl groups excluding tert-OH is 1. The number of esters is 1. The minimum atomic E-state index is -0.517. The average molecular weight is 341 g/mol. The molecule has 1 aromatic carbocycles. The van der Waals surface area contributed by atoms with Crippen molar-refractivity contribution in [3.05, 3.63) is 34.9 Å². The third kappa shape index (κ3) is 5.46. The molecule has 5 nitrogen and oxygen atoms in total. The minimum absolute atomic E-state index is 0.168. The summed E-state index contributed by atoms with van der Waals surface area (Å²) in [5, 5.41) is 11.1. The highest BCUT2D eigenvalue weighted by molar-refractivity contribution is 6.30. The first kappa shape index (κ1) is 18.2.